The highest BCUT2D eigenvalue weighted by Crippen LogP contribution is 2.17. The van der Waals surface area contributed by atoms with Gasteiger partial charge in [0, 0.05) is 26.2 Å². The van der Waals surface area contributed by atoms with Crippen molar-refractivity contribution in [2.45, 2.75) is 19.4 Å². The number of rotatable bonds is 5. The van der Waals surface area contributed by atoms with E-state index in [0.717, 1.165) is 26.2 Å². The van der Waals surface area contributed by atoms with Crippen molar-refractivity contribution in [1.82, 2.24) is 10.2 Å². The summed E-state index contributed by atoms with van der Waals surface area (Å²) in [6.07, 6.45) is 4.42. The molecule has 0 spiro atoms. The summed E-state index contributed by atoms with van der Waals surface area (Å²) in [6.45, 7) is 9.11. The minimum absolute atomic E-state index is 0.907. The largest absolute Gasteiger partial charge is 0.312 e. The second-order valence-electron chi connectivity index (χ2n) is 4.64. The maximum absolute atomic E-state index is 3.71. The highest BCUT2D eigenvalue weighted by Gasteiger charge is 2.12. The molecule has 0 bridgehead atoms. The fourth-order valence-corrected chi connectivity index (χ4v) is 2.40. The molecule has 0 atom stereocenters. The lowest BCUT2D eigenvalue weighted by atomic mass is 10.0. The first kappa shape index (κ1) is 12.3. The van der Waals surface area contributed by atoms with Crippen molar-refractivity contribution in [3.8, 4) is 0 Å². The van der Waals surface area contributed by atoms with Gasteiger partial charge in [0.15, 0.2) is 0 Å². The zero-order valence-electron chi connectivity index (χ0n) is 10.5. The molecule has 1 aliphatic heterocycles. The lowest BCUT2D eigenvalue weighted by Gasteiger charge is -2.20. The van der Waals surface area contributed by atoms with E-state index in [4.69, 9.17) is 0 Å². The molecular weight excluding hydrogens is 208 g/mol. The SMILES string of the molecule is C=CCNCCN1CCCc2ccccc2C1. The predicted octanol–water partition coefficient (Wildman–Crippen LogP) is 2.21. The summed E-state index contributed by atoms with van der Waals surface area (Å²) in [5.74, 6) is 0. The van der Waals surface area contributed by atoms with Crippen LogP contribution in [0.3, 0.4) is 0 Å². The fraction of sp³-hybridized carbons (Fsp3) is 0.467. The van der Waals surface area contributed by atoms with Crippen LogP contribution >= 0.6 is 0 Å². The molecule has 0 saturated carbocycles. The van der Waals surface area contributed by atoms with Crippen molar-refractivity contribution in [2.24, 2.45) is 0 Å². The van der Waals surface area contributed by atoms with Crippen LogP contribution < -0.4 is 5.32 Å². The molecule has 0 radical (unpaired) electrons. The van der Waals surface area contributed by atoms with Gasteiger partial charge >= 0.3 is 0 Å². The molecule has 0 aliphatic carbocycles. The average Bonchev–Trinajstić information content (AvgIpc) is 2.56. The maximum Gasteiger partial charge on any atom is 0.0237 e. The van der Waals surface area contributed by atoms with Gasteiger partial charge in [-0.3, -0.25) is 4.90 Å². The summed E-state index contributed by atoms with van der Waals surface area (Å²) >= 11 is 0. The molecule has 1 N–H and O–H groups in total. The lowest BCUT2D eigenvalue weighted by molar-refractivity contribution is 0.270. The zero-order chi connectivity index (χ0) is 11.9. The summed E-state index contributed by atoms with van der Waals surface area (Å²) in [5.41, 5.74) is 3.04. The second-order valence-corrected chi connectivity index (χ2v) is 4.64. The Morgan fingerprint density at radius 3 is 2.94 bits per heavy atom. The molecule has 1 heterocycles. The van der Waals surface area contributed by atoms with E-state index in [1.54, 1.807) is 0 Å². The molecule has 92 valence electrons. The Labute approximate surface area is 104 Å². The molecular formula is C15H22N2. The topological polar surface area (TPSA) is 15.3 Å². The van der Waals surface area contributed by atoms with Crippen molar-refractivity contribution in [1.29, 1.82) is 0 Å². The normalized spacial score (nSPS) is 16.2. The van der Waals surface area contributed by atoms with E-state index in [1.165, 1.54) is 30.5 Å². The van der Waals surface area contributed by atoms with Crippen LogP contribution in [0.15, 0.2) is 36.9 Å². The number of aryl methyl sites for hydroxylation is 1. The van der Waals surface area contributed by atoms with Crippen molar-refractivity contribution >= 4 is 0 Å². The number of nitrogens with zero attached hydrogens (tertiary/aromatic N) is 1. The fourth-order valence-electron chi connectivity index (χ4n) is 2.40. The standard InChI is InChI=1S/C15H22N2/c1-2-9-16-10-12-17-11-5-8-14-6-3-4-7-15(14)13-17/h2-4,6-7,16H,1,5,8-13H2. The Hall–Kier alpha value is -1.12. The molecule has 2 heteroatoms. The van der Waals surface area contributed by atoms with E-state index in [1.807, 2.05) is 6.08 Å². The Bertz CT molecular complexity index is 360. The Balaban J connectivity index is 1.87. The lowest BCUT2D eigenvalue weighted by Crippen LogP contribution is -2.32. The van der Waals surface area contributed by atoms with E-state index in [9.17, 15) is 0 Å². The summed E-state index contributed by atoms with van der Waals surface area (Å²) < 4.78 is 0. The number of hydrogen-bond donors (Lipinski definition) is 1. The van der Waals surface area contributed by atoms with Crippen LogP contribution in [0.2, 0.25) is 0 Å². The monoisotopic (exact) mass is 230 g/mol. The van der Waals surface area contributed by atoms with Gasteiger partial charge < -0.3 is 5.32 Å². The van der Waals surface area contributed by atoms with Crippen LogP contribution in [-0.4, -0.2) is 31.1 Å². The Morgan fingerprint density at radius 2 is 2.12 bits per heavy atom. The van der Waals surface area contributed by atoms with Crippen molar-refractivity contribution in [2.75, 3.05) is 26.2 Å². The minimum Gasteiger partial charge on any atom is -0.312 e. The molecule has 1 aromatic rings. The van der Waals surface area contributed by atoms with Gasteiger partial charge in [0.1, 0.15) is 0 Å². The van der Waals surface area contributed by atoms with Gasteiger partial charge in [0.05, 0.1) is 0 Å². The Morgan fingerprint density at radius 1 is 1.29 bits per heavy atom. The molecule has 1 aliphatic rings. The van der Waals surface area contributed by atoms with Crippen LogP contribution in [0.1, 0.15) is 17.5 Å². The van der Waals surface area contributed by atoms with Gasteiger partial charge in [-0.05, 0) is 30.5 Å². The molecule has 0 fully saturated rings. The second kappa shape index (κ2) is 6.58. The van der Waals surface area contributed by atoms with Crippen LogP contribution in [0.25, 0.3) is 0 Å². The Kier molecular flexibility index (Phi) is 4.77. The van der Waals surface area contributed by atoms with Gasteiger partial charge in [-0.15, -0.1) is 6.58 Å². The van der Waals surface area contributed by atoms with Crippen LogP contribution in [0.4, 0.5) is 0 Å². The first-order chi connectivity index (χ1) is 8.40. The number of benzene rings is 1. The van der Waals surface area contributed by atoms with Gasteiger partial charge in [-0.25, -0.2) is 0 Å². The van der Waals surface area contributed by atoms with E-state index in [2.05, 4.69) is 41.1 Å². The molecule has 2 nitrogen and oxygen atoms in total. The van der Waals surface area contributed by atoms with Gasteiger partial charge in [-0.1, -0.05) is 30.3 Å². The van der Waals surface area contributed by atoms with E-state index in [0.29, 0.717) is 0 Å². The molecule has 2 rings (SSSR count). The molecule has 0 amide bonds. The minimum atomic E-state index is 0.907. The maximum atomic E-state index is 3.71. The first-order valence-corrected chi connectivity index (χ1v) is 6.51. The highest BCUT2D eigenvalue weighted by atomic mass is 15.1. The molecule has 0 aromatic heterocycles. The number of nitrogens with one attached hydrogen (secondary N) is 1. The molecule has 17 heavy (non-hydrogen) atoms. The molecule has 0 unspecified atom stereocenters. The summed E-state index contributed by atoms with van der Waals surface area (Å²) in [7, 11) is 0. The summed E-state index contributed by atoms with van der Waals surface area (Å²) in [5, 5.41) is 3.37. The highest BCUT2D eigenvalue weighted by molar-refractivity contribution is 5.27. The third kappa shape index (κ3) is 3.69. The molecule has 1 aromatic carbocycles. The van der Waals surface area contributed by atoms with Gasteiger partial charge in [0.25, 0.3) is 0 Å². The van der Waals surface area contributed by atoms with Crippen LogP contribution in [0.5, 0.6) is 0 Å². The van der Waals surface area contributed by atoms with Crippen molar-refractivity contribution in [3.63, 3.8) is 0 Å². The van der Waals surface area contributed by atoms with E-state index in [-0.39, 0.29) is 0 Å². The van der Waals surface area contributed by atoms with Crippen LogP contribution in [0, 0.1) is 0 Å². The summed E-state index contributed by atoms with van der Waals surface area (Å²) in [6, 6.07) is 8.85. The number of hydrogen-bond acceptors (Lipinski definition) is 2. The third-order valence-corrected chi connectivity index (χ3v) is 3.33. The van der Waals surface area contributed by atoms with E-state index >= 15 is 0 Å². The quantitative estimate of drug-likeness (QED) is 0.616. The van der Waals surface area contributed by atoms with Crippen molar-refractivity contribution in [3.05, 3.63) is 48.0 Å². The van der Waals surface area contributed by atoms with Gasteiger partial charge in [-0.2, -0.15) is 0 Å². The first-order valence-electron chi connectivity index (χ1n) is 6.51. The zero-order valence-corrected chi connectivity index (χ0v) is 10.5. The van der Waals surface area contributed by atoms with Gasteiger partial charge in [0.2, 0.25) is 0 Å². The van der Waals surface area contributed by atoms with Crippen LogP contribution in [-0.2, 0) is 13.0 Å². The average molecular weight is 230 g/mol. The number of fused-ring (bicyclic) bond motifs is 1. The van der Waals surface area contributed by atoms with E-state index < -0.39 is 0 Å². The van der Waals surface area contributed by atoms with Crippen molar-refractivity contribution < 1.29 is 0 Å². The predicted molar refractivity (Wildman–Crippen MR) is 73.1 cm³/mol. The smallest absolute Gasteiger partial charge is 0.0237 e. The molecule has 0 saturated heterocycles. The summed E-state index contributed by atoms with van der Waals surface area (Å²) in [4.78, 5) is 2.54. The third-order valence-electron chi connectivity index (χ3n) is 3.33.